The first-order chi connectivity index (χ1) is 13.1. The molecule has 1 N–H and O–H groups in total. The summed E-state index contributed by atoms with van der Waals surface area (Å²) in [5, 5.41) is 11.9. The molecule has 0 spiro atoms. The molecule has 142 valence electrons. The molecule has 4 rings (SSSR count). The maximum atomic E-state index is 11.9. The molecule has 0 aliphatic carbocycles. The lowest BCUT2D eigenvalue weighted by Crippen LogP contribution is -2.47. The molecule has 2 aromatic rings. The maximum absolute atomic E-state index is 11.9. The van der Waals surface area contributed by atoms with Crippen molar-refractivity contribution >= 4 is 27.5 Å². The molecule has 0 radical (unpaired) electrons. The van der Waals surface area contributed by atoms with Gasteiger partial charge in [0, 0.05) is 16.5 Å². The average Bonchev–Trinajstić information content (AvgIpc) is 2.80. The van der Waals surface area contributed by atoms with E-state index in [0.29, 0.717) is 13.2 Å². The highest BCUT2D eigenvalue weighted by molar-refractivity contribution is 9.10. The first-order valence-corrected chi connectivity index (χ1v) is 10.5. The molecular formula is C22H26BrN2O2+. The van der Waals surface area contributed by atoms with Crippen molar-refractivity contribution in [1.29, 1.82) is 0 Å². The van der Waals surface area contributed by atoms with E-state index in [-0.39, 0.29) is 0 Å². The van der Waals surface area contributed by atoms with Crippen LogP contribution < -0.4 is 9.64 Å². The van der Waals surface area contributed by atoms with Crippen LogP contribution in [-0.4, -0.2) is 35.2 Å². The van der Waals surface area contributed by atoms with Crippen LogP contribution in [0.15, 0.2) is 53.0 Å². The Labute approximate surface area is 169 Å². The second kappa shape index (κ2) is 7.64. The molecule has 27 heavy (non-hydrogen) atoms. The molecule has 5 heteroatoms. The Balaban J connectivity index is 1.77. The normalized spacial score (nSPS) is 22.6. The lowest BCUT2D eigenvalue weighted by molar-refractivity contribution is -0.534. The zero-order chi connectivity index (χ0) is 18.9. The molecule has 0 saturated heterocycles. The van der Waals surface area contributed by atoms with Crippen molar-refractivity contribution in [3.05, 3.63) is 58.6 Å². The predicted molar refractivity (Wildman–Crippen MR) is 112 cm³/mol. The molecule has 0 unspecified atom stereocenters. The number of nitrogens with zero attached hydrogens (tertiary/aromatic N) is 2. The van der Waals surface area contributed by atoms with Crippen molar-refractivity contribution in [1.82, 2.24) is 0 Å². The molecular weight excluding hydrogens is 404 g/mol. The number of halogens is 1. The Kier molecular flexibility index (Phi) is 5.24. The molecule has 2 aliphatic rings. The third-order valence-electron chi connectivity index (χ3n) is 5.45. The fraction of sp³-hybridized carbons (Fsp3) is 0.409. The van der Waals surface area contributed by atoms with E-state index >= 15 is 0 Å². The van der Waals surface area contributed by atoms with Crippen LogP contribution in [0.4, 0.5) is 5.69 Å². The molecule has 1 atom stereocenters. The van der Waals surface area contributed by atoms with Gasteiger partial charge in [0.05, 0.1) is 13.2 Å². The van der Waals surface area contributed by atoms with Crippen LogP contribution in [0.25, 0.3) is 0 Å². The van der Waals surface area contributed by atoms with E-state index in [2.05, 4.69) is 37.5 Å². The first-order valence-electron chi connectivity index (χ1n) is 9.74. The Morgan fingerprint density at radius 1 is 1.07 bits per heavy atom. The van der Waals surface area contributed by atoms with E-state index in [1.165, 1.54) is 18.7 Å². The molecule has 0 saturated carbocycles. The lowest BCUT2D eigenvalue weighted by atomic mass is 10.00. The van der Waals surface area contributed by atoms with Crippen LogP contribution in [0.1, 0.15) is 38.2 Å². The number of amidine groups is 1. The van der Waals surface area contributed by atoms with Gasteiger partial charge in [0.2, 0.25) is 0 Å². The van der Waals surface area contributed by atoms with Gasteiger partial charge in [-0.25, -0.2) is 0 Å². The summed E-state index contributed by atoms with van der Waals surface area (Å²) in [6, 6.07) is 16.1. The Bertz CT molecular complexity index is 832. The fourth-order valence-electron chi connectivity index (χ4n) is 4.18. The molecule has 2 heterocycles. The molecule has 0 fully saturated rings. The second-order valence-corrected chi connectivity index (χ2v) is 8.15. The topological polar surface area (TPSA) is 35.7 Å². The highest BCUT2D eigenvalue weighted by Crippen LogP contribution is 2.38. The number of hydrogen-bond donors (Lipinski definition) is 1. The van der Waals surface area contributed by atoms with E-state index < -0.39 is 5.72 Å². The van der Waals surface area contributed by atoms with E-state index in [9.17, 15) is 5.11 Å². The van der Waals surface area contributed by atoms with Crippen LogP contribution in [-0.2, 0) is 5.72 Å². The molecule has 0 aromatic heterocycles. The van der Waals surface area contributed by atoms with Gasteiger partial charge in [-0.1, -0.05) is 28.1 Å². The number of hydrogen-bond acceptors (Lipinski definition) is 3. The SMILES string of the molecule is CCOc1ccc(N2C3=[N+](CCCCC3)C[C@]2(O)c2ccc(Br)cc2)cc1. The number of ether oxygens (including phenoxy) is 1. The zero-order valence-corrected chi connectivity index (χ0v) is 17.3. The highest BCUT2D eigenvalue weighted by Gasteiger charge is 2.53. The second-order valence-electron chi connectivity index (χ2n) is 7.23. The zero-order valence-electron chi connectivity index (χ0n) is 15.7. The molecule has 0 amide bonds. The van der Waals surface area contributed by atoms with Crippen molar-refractivity contribution in [2.75, 3.05) is 24.6 Å². The Morgan fingerprint density at radius 3 is 2.52 bits per heavy atom. The standard InChI is InChI=1S/C22H26BrN2O2/c1-2-27-20-13-11-19(12-14-20)25-21-6-4-3-5-15-24(21)16-22(25,26)17-7-9-18(23)10-8-17/h7-14,26H,2-6,15-16H2,1H3/q+1/t22-/m0/s1. The minimum absolute atomic E-state index is 0.594. The van der Waals surface area contributed by atoms with Crippen molar-refractivity contribution in [2.24, 2.45) is 0 Å². The molecule has 2 aliphatic heterocycles. The van der Waals surface area contributed by atoms with Crippen molar-refractivity contribution in [2.45, 2.75) is 38.3 Å². The van der Waals surface area contributed by atoms with E-state index in [0.717, 1.165) is 40.9 Å². The predicted octanol–water partition coefficient (Wildman–Crippen LogP) is 4.50. The Hall–Kier alpha value is -1.85. The molecule has 4 nitrogen and oxygen atoms in total. The minimum atomic E-state index is -1.07. The van der Waals surface area contributed by atoms with Gasteiger partial charge in [-0.2, -0.15) is 4.90 Å². The van der Waals surface area contributed by atoms with Crippen molar-refractivity contribution in [3.8, 4) is 5.75 Å². The quantitative estimate of drug-likeness (QED) is 0.726. The monoisotopic (exact) mass is 429 g/mol. The summed E-state index contributed by atoms with van der Waals surface area (Å²) >= 11 is 3.50. The van der Waals surface area contributed by atoms with Crippen LogP contribution in [0.3, 0.4) is 0 Å². The molecule has 2 aromatic carbocycles. The highest BCUT2D eigenvalue weighted by atomic mass is 79.9. The Morgan fingerprint density at radius 2 is 1.81 bits per heavy atom. The minimum Gasteiger partial charge on any atom is -0.494 e. The largest absolute Gasteiger partial charge is 0.494 e. The summed E-state index contributed by atoms with van der Waals surface area (Å²) in [5.74, 6) is 2.08. The van der Waals surface area contributed by atoms with Gasteiger partial charge in [0.15, 0.2) is 6.54 Å². The van der Waals surface area contributed by atoms with E-state index in [1.54, 1.807) is 0 Å². The van der Waals surface area contributed by atoms with Crippen molar-refractivity contribution in [3.63, 3.8) is 0 Å². The van der Waals surface area contributed by atoms with E-state index in [4.69, 9.17) is 4.74 Å². The summed E-state index contributed by atoms with van der Waals surface area (Å²) in [4.78, 5) is 2.14. The van der Waals surface area contributed by atoms with Gasteiger partial charge >= 0.3 is 0 Å². The number of aliphatic hydroxyl groups is 1. The third kappa shape index (κ3) is 3.50. The van der Waals surface area contributed by atoms with Gasteiger partial charge in [0.1, 0.15) is 11.4 Å². The lowest BCUT2D eigenvalue weighted by Gasteiger charge is -2.29. The van der Waals surface area contributed by atoms with Gasteiger partial charge < -0.3 is 9.84 Å². The number of benzene rings is 2. The summed E-state index contributed by atoms with van der Waals surface area (Å²) in [6.45, 7) is 4.23. The summed E-state index contributed by atoms with van der Waals surface area (Å²) < 4.78 is 8.98. The van der Waals surface area contributed by atoms with Crippen LogP contribution in [0.2, 0.25) is 0 Å². The molecule has 0 bridgehead atoms. The smallest absolute Gasteiger partial charge is 0.275 e. The average molecular weight is 430 g/mol. The van der Waals surface area contributed by atoms with Crippen LogP contribution in [0, 0.1) is 0 Å². The summed E-state index contributed by atoms with van der Waals surface area (Å²) in [5.41, 5.74) is 0.851. The van der Waals surface area contributed by atoms with Gasteiger partial charge in [-0.15, -0.1) is 0 Å². The van der Waals surface area contributed by atoms with Crippen molar-refractivity contribution < 1.29 is 14.4 Å². The number of anilines is 1. The van der Waals surface area contributed by atoms with Crippen LogP contribution >= 0.6 is 15.9 Å². The first kappa shape index (κ1) is 18.5. The maximum Gasteiger partial charge on any atom is 0.275 e. The van der Waals surface area contributed by atoms with Crippen LogP contribution in [0.5, 0.6) is 5.75 Å². The summed E-state index contributed by atoms with van der Waals surface area (Å²) in [7, 11) is 0. The summed E-state index contributed by atoms with van der Waals surface area (Å²) in [6.07, 6.45) is 4.58. The number of rotatable bonds is 4. The van der Waals surface area contributed by atoms with Gasteiger partial charge in [-0.3, -0.25) is 4.58 Å². The van der Waals surface area contributed by atoms with E-state index in [1.807, 2.05) is 43.3 Å². The third-order valence-corrected chi connectivity index (χ3v) is 5.97. The van der Waals surface area contributed by atoms with Gasteiger partial charge in [-0.05, 0) is 62.6 Å². The van der Waals surface area contributed by atoms with Gasteiger partial charge in [0.25, 0.3) is 11.6 Å². The fourth-order valence-corrected chi connectivity index (χ4v) is 4.45.